The minimum absolute atomic E-state index is 0.108. The summed E-state index contributed by atoms with van der Waals surface area (Å²) in [7, 11) is 0. The molecule has 114 valence electrons. The minimum atomic E-state index is -0.245. The Morgan fingerprint density at radius 3 is 2.55 bits per heavy atom. The lowest BCUT2D eigenvalue weighted by molar-refractivity contribution is 0.0313. The average Bonchev–Trinajstić information content (AvgIpc) is 2.87. The van der Waals surface area contributed by atoms with Crippen LogP contribution in [0, 0.1) is 0 Å². The summed E-state index contributed by atoms with van der Waals surface area (Å²) in [5.74, 6) is 0.359. The number of aliphatic hydroxyl groups is 1. The first-order chi connectivity index (χ1) is 10.7. The van der Waals surface area contributed by atoms with Crippen molar-refractivity contribution in [3.05, 3.63) is 70.2 Å². The van der Waals surface area contributed by atoms with Crippen LogP contribution < -0.4 is 0 Å². The Kier molecular flexibility index (Phi) is 3.51. The van der Waals surface area contributed by atoms with Gasteiger partial charge in [-0.3, -0.25) is 0 Å². The lowest BCUT2D eigenvalue weighted by Crippen LogP contribution is -2.44. The second kappa shape index (κ2) is 5.40. The molecule has 2 aromatic carbocycles. The SMILES string of the molecule is O[C@H]1CCCC[C@]12c1ccccc1C[C@@H]2c1ccc(Cl)cc1. The number of halogens is 1. The molecule has 0 unspecified atom stereocenters. The van der Waals surface area contributed by atoms with Gasteiger partial charge in [-0.25, -0.2) is 0 Å². The van der Waals surface area contributed by atoms with Gasteiger partial charge in [0.2, 0.25) is 0 Å². The highest BCUT2D eigenvalue weighted by molar-refractivity contribution is 6.30. The highest BCUT2D eigenvalue weighted by atomic mass is 35.5. The fourth-order valence-corrected chi connectivity index (χ4v) is 4.88. The lowest BCUT2D eigenvalue weighted by Gasteiger charge is -2.44. The number of hydrogen-bond acceptors (Lipinski definition) is 1. The third-order valence-electron chi connectivity index (χ3n) is 5.75. The second-order valence-electron chi connectivity index (χ2n) is 6.77. The zero-order valence-corrected chi connectivity index (χ0v) is 13.4. The van der Waals surface area contributed by atoms with Crippen molar-refractivity contribution >= 4 is 11.6 Å². The molecule has 2 aliphatic carbocycles. The van der Waals surface area contributed by atoms with Crippen LogP contribution >= 0.6 is 11.6 Å². The number of benzene rings is 2. The zero-order chi connectivity index (χ0) is 15.2. The quantitative estimate of drug-likeness (QED) is 0.798. The lowest BCUT2D eigenvalue weighted by atomic mass is 9.62. The smallest absolute Gasteiger partial charge is 0.0642 e. The predicted octanol–water partition coefficient (Wildman–Crippen LogP) is 4.85. The van der Waals surface area contributed by atoms with Crippen LogP contribution in [0.15, 0.2) is 48.5 Å². The molecule has 2 aromatic rings. The Bertz CT molecular complexity index is 678. The Labute approximate surface area is 136 Å². The van der Waals surface area contributed by atoms with Crippen molar-refractivity contribution in [3.63, 3.8) is 0 Å². The van der Waals surface area contributed by atoms with E-state index in [0.717, 1.165) is 30.7 Å². The van der Waals surface area contributed by atoms with E-state index in [1.54, 1.807) is 0 Å². The van der Waals surface area contributed by atoms with Crippen molar-refractivity contribution in [2.45, 2.75) is 49.5 Å². The van der Waals surface area contributed by atoms with E-state index < -0.39 is 0 Å². The van der Waals surface area contributed by atoms with Gasteiger partial charge in [-0.2, -0.15) is 0 Å². The van der Waals surface area contributed by atoms with Gasteiger partial charge in [-0.15, -0.1) is 0 Å². The van der Waals surface area contributed by atoms with Crippen LogP contribution in [0.3, 0.4) is 0 Å². The first-order valence-corrected chi connectivity index (χ1v) is 8.61. The Morgan fingerprint density at radius 1 is 1.00 bits per heavy atom. The molecular formula is C20H21ClO. The summed E-state index contributed by atoms with van der Waals surface area (Å²) in [5, 5.41) is 11.7. The summed E-state index contributed by atoms with van der Waals surface area (Å²) >= 11 is 6.06. The van der Waals surface area contributed by atoms with E-state index in [4.69, 9.17) is 11.6 Å². The zero-order valence-electron chi connectivity index (χ0n) is 12.6. The molecule has 0 bridgehead atoms. The van der Waals surface area contributed by atoms with Crippen LogP contribution in [-0.4, -0.2) is 11.2 Å². The Hall–Kier alpha value is -1.31. The fourth-order valence-electron chi connectivity index (χ4n) is 4.75. The topological polar surface area (TPSA) is 20.2 Å². The van der Waals surface area contributed by atoms with Gasteiger partial charge in [0.1, 0.15) is 0 Å². The molecule has 1 spiro atoms. The summed E-state index contributed by atoms with van der Waals surface area (Å²) in [6.07, 6.45) is 5.12. The Balaban J connectivity index is 1.86. The minimum Gasteiger partial charge on any atom is -0.392 e. The molecule has 3 atom stereocenters. The van der Waals surface area contributed by atoms with E-state index in [1.165, 1.54) is 23.1 Å². The van der Waals surface area contributed by atoms with Gasteiger partial charge < -0.3 is 5.11 Å². The van der Waals surface area contributed by atoms with E-state index in [-0.39, 0.29) is 11.5 Å². The number of rotatable bonds is 1. The molecule has 2 heteroatoms. The van der Waals surface area contributed by atoms with E-state index >= 15 is 0 Å². The number of fused-ring (bicyclic) bond motifs is 2. The molecule has 0 aliphatic heterocycles. The van der Waals surface area contributed by atoms with Crippen molar-refractivity contribution in [1.29, 1.82) is 0 Å². The van der Waals surface area contributed by atoms with E-state index in [0.29, 0.717) is 5.92 Å². The molecule has 1 fully saturated rings. The van der Waals surface area contributed by atoms with Crippen LogP contribution in [0.25, 0.3) is 0 Å². The summed E-state index contributed by atoms with van der Waals surface area (Å²) in [6.45, 7) is 0. The van der Waals surface area contributed by atoms with Crippen molar-refractivity contribution in [3.8, 4) is 0 Å². The van der Waals surface area contributed by atoms with Gasteiger partial charge in [0, 0.05) is 16.4 Å². The molecule has 0 amide bonds. The maximum absolute atomic E-state index is 11.0. The van der Waals surface area contributed by atoms with Crippen LogP contribution in [0.1, 0.15) is 48.3 Å². The summed E-state index contributed by atoms with van der Waals surface area (Å²) in [6, 6.07) is 16.9. The molecular weight excluding hydrogens is 292 g/mol. The van der Waals surface area contributed by atoms with Gasteiger partial charge in [0.25, 0.3) is 0 Å². The molecule has 1 N–H and O–H groups in total. The Morgan fingerprint density at radius 2 is 1.77 bits per heavy atom. The van der Waals surface area contributed by atoms with Crippen molar-refractivity contribution in [2.75, 3.05) is 0 Å². The molecule has 22 heavy (non-hydrogen) atoms. The van der Waals surface area contributed by atoms with Gasteiger partial charge in [0.15, 0.2) is 0 Å². The molecule has 2 aliphatic rings. The maximum Gasteiger partial charge on any atom is 0.0642 e. The third kappa shape index (κ3) is 2.03. The first-order valence-electron chi connectivity index (χ1n) is 8.24. The summed E-state index contributed by atoms with van der Waals surface area (Å²) in [5.41, 5.74) is 3.98. The molecule has 1 nitrogen and oxygen atoms in total. The predicted molar refractivity (Wildman–Crippen MR) is 90.5 cm³/mol. The monoisotopic (exact) mass is 312 g/mol. The third-order valence-corrected chi connectivity index (χ3v) is 6.00. The van der Waals surface area contributed by atoms with Crippen molar-refractivity contribution in [2.24, 2.45) is 0 Å². The fraction of sp³-hybridized carbons (Fsp3) is 0.400. The van der Waals surface area contributed by atoms with Gasteiger partial charge in [-0.1, -0.05) is 60.8 Å². The molecule has 0 aromatic heterocycles. The standard InChI is InChI=1S/C20H21ClO/c21-16-10-8-14(9-11-16)18-13-15-5-1-2-6-17(15)20(18)12-4-3-7-19(20)22/h1-2,5-6,8-11,18-19,22H,3-4,7,12-13H2/t18-,19+,20-/m1/s1. The summed E-state index contributed by atoms with van der Waals surface area (Å²) < 4.78 is 0. The molecule has 4 rings (SSSR count). The van der Waals surface area contributed by atoms with Crippen molar-refractivity contribution in [1.82, 2.24) is 0 Å². The van der Waals surface area contributed by atoms with Crippen LogP contribution in [0.2, 0.25) is 5.02 Å². The molecule has 0 saturated heterocycles. The maximum atomic E-state index is 11.0. The van der Waals surface area contributed by atoms with E-state index in [1.807, 2.05) is 12.1 Å². The van der Waals surface area contributed by atoms with Gasteiger partial charge in [0.05, 0.1) is 6.10 Å². The number of hydrogen-bond donors (Lipinski definition) is 1. The first kappa shape index (κ1) is 14.3. The van der Waals surface area contributed by atoms with Crippen molar-refractivity contribution < 1.29 is 5.11 Å². The molecule has 0 heterocycles. The molecule has 0 radical (unpaired) electrons. The van der Waals surface area contributed by atoms with Crippen LogP contribution in [-0.2, 0) is 11.8 Å². The second-order valence-corrected chi connectivity index (χ2v) is 7.20. The van der Waals surface area contributed by atoms with Gasteiger partial charge in [-0.05, 0) is 48.1 Å². The van der Waals surface area contributed by atoms with Gasteiger partial charge >= 0.3 is 0 Å². The van der Waals surface area contributed by atoms with E-state index in [2.05, 4.69) is 36.4 Å². The highest BCUT2D eigenvalue weighted by Gasteiger charge is 2.52. The largest absolute Gasteiger partial charge is 0.392 e. The van der Waals surface area contributed by atoms with Crippen LogP contribution in [0.5, 0.6) is 0 Å². The summed E-state index contributed by atoms with van der Waals surface area (Å²) in [4.78, 5) is 0. The normalized spacial score (nSPS) is 30.5. The number of aliphatic hydroxyl groups excluding tert-OH is 1. The van der Waals surface area contributed by atoms with E-state index in [9.17, 15) is 5.11 Å². The highest BCUT2D eigenvalue weighted by Crippen LogP contribution is 2.56. The van der Waals surface area contributed by atoms with Crippen LogP contribution in [0.4, 0.5) is 0 Å². The molecule has 1 saturated carbocycles. The average molecular weight is 313 g/mol.